The molecule has 2 aromatic rings. The van der Waals surface area contributed by atoms with E-state index in [1.807, 2.05) is 42.2 Å². The average molecular weight is 361 g/mol. The number of primary sulfonamides is 1. The van der Waals surface area contributed by atoms with Gasteiger partial charge in [-0.1, -0.05) is 30.3 Å². The molecule has 0 saturated heterocycles. The monoisotopic (exact) mass is 361 g/mol. The SMILES string of the molecule is CCN(CC(=O)NCCc1ccc(S(N)(=O)=O)cc1)c1ccccc1. The van der Waals surface area contributed by atoms with Crippen molar-refractivity contribution in [2.75, 3.05) is 24.5 Å². The Hall–Kier alpha value is -2.38. The Balaban J connectivity index is 1.82. The van der Waals surface area contributed by atoms with Crippen molar-refractivity contribution in [3.05, 3.63) is 60.2 Å². The maximum atomic E-state index is 12.1. The van der Waals surface area contributed by atoms with Gasteiger partial charge < -0.3 is 10.2 Å². The van der Waals surface area contributed by atoms with Gasteiger partial charge >= 0.3 is 0 Å². The van der Waals surface area contributed by atoms with E-state index < -0.39 is 10.0 Å². The van der Waals surface area contributed by atoms with E-state index in [-0.39, 0.29) is 10.8 Å². The number of sulfonamides is 1. The van der Waals surface area contributed by atoms with Gasteiger partial charge in [-0.3, -0.25) is 4.79 Å². The lowest BCUT2D eigenvalue weighted by atomic mass is 10.1. The van der Waals surface area contributed by atoms with Gasteiger partial charge in [0.1, 0.15) is 0 Å². The predicted octanol–water partition coefficient (Wildman–Crippen LogP) is 1.52. The van der Waals surface area contributed by atoms with Crippen molar-refractivity contribution in [1.82, 2.24) is 5.32 Å². The normalized spacial score (nSPS) is 11.1. The minimum absolute atomic E-state index is 0.0492. The molecule has 0 spiro atoms. The summed E-state index contributed by atoms with van der Waals surface area (Å²) >= 11 is 0. The molecule has 0 radical (unpaired) electrons. The number of nitrogens with two attached hydrogens (primary N) is 1. The molecule has 1 amide bonds. The van der Waals surface area contributed by atoms with Gasteiger partial charge in [-0.15, -0.1) is 0 Å². The summed E-state index contributed by atoms with van der Waals surface area (Å²) in [6, 6.07) is 16.1. The van der Waals surface area contributed by atoms with Crippen LogP contribution in [-0.2, 0) is 21.2 Å². The van der Waals surface area contributed by atoms with E-state index in [2.05, 4.69) is 5.32 Å². The summed E-state index contributed by atoms with van der Waals surface area (Å²) in [6.07, 6.45) is 0.619. The molecule has 0 heterocycles. The van der Waals surface area contributed by atoms with Crippen molar-refractivity contribution >= 4 is 21.6 Å². The summed E-state index contributed by atoms with van der Waals surface area (Å²) in [4.78, 5) is 14.2. The molecule has 0 aliphatic rings. The highest BCUT2D eigenvalue weighted by atomic mass is 32.2. The van der Waals surface area contributed by atoms with Crippen LogP contribution in [0.3, 0.4) is 0 Å². The van der Waals surface area contributed by atoms with E-state index in [1.54, 1.807) is 12.1 Å². The number of benzene rings is 2. The minimum Gasteiger partial charge on any atom is -0.363 e. The van der Waals surface area contributed by atoms with Gasteiger partial charge in [-0.25, -0.2) is 13.6 Å². The first-order chi connectivity index (χ1) is 11.9. The molecule has 0 aliphatic heterocycles. The van der Waals surface area contributed by atoms with Crippen LogP contribution in [0.2, 0.25) is 0 Å². The lowest BCUT2D eigenvalue weighted by Crippen LogP contribution is -2.38. The summed E-state index contributed by atoms with van der Waals surface area (Å²) < 4.78 is 22.4. The first kappa shape index (κ1) is 19.0. The number of para-hydroxylation sites is 1. The fraction of sp³-hybridized carbons (Fsp3) is 0.278. The molecule has 0 atom stereocenters. The Labute approximate surface area is 148 Å². The maximum absolute atomic E-state index is 12.1. The molecule has 2 rings (SSSR count). The number of likely N-dealkylation sites (N-methyl/N-ethyl adjacent to an activating group) is 1. The van der Waals surface area contributed by atoms with E-state index in [4.69, 9.17) is 5.14 Å². The number of nitrogens with one attached hydrogen (secondary N) is 1. The molecular weight excluding hydrogens is 338 g/mol. The Bertz CT molecular complexity index is 790. The van der Waals surface area contributed by atoms with Gasteiger partial charge in [0, 0.05) is 18.8 Å². The maximum Gasteiger partial charge on any atom is 0.239 e. The zero-order valence-corrected chi connectivity index (χ0v) is 15.0. The Kier molecular flexibility index (Phi) is 6.55. The van der Waals surface area contributed by atoms with Crippen LogP contribution >= 0.6 is 0 Å². The van der Waals surface area contributed by atoms with Crippen molar-refractivity contribution < 1.29 is 13.2 Å². The number of hydrogen-bond donors (Lipinski definition) is 2. The highest BCUT2D eigenvalue weighted by molar-refractivity contribution is 7.89. The summed E-state index contributed by atoms with van der Waals surface area (Å²) in [5, 5.41) is 7.95. The lowest BCUT2D eigenvalue weighted by molar-refractivity contribution is -0.119. The second-order valence-electron chi connectivity index (χ2n) is 5.64. The van der Waals surface area contributed by atoms with Crippen LogP contribution in [0.4, 0.5) is 5.69 Å². The molecule has 0 aromatic heterocycles. The summed E-state index contributed by atoms with van der Waals surface area (Å²) in [5.41, 5.74) is 1.95. The molecule has 0 bridgehead atoms. The van der Waals surface area contributed by atoms with Gasteiger partial charge in [0.15, 0.2) is 0 Å². The van der Waals surface area contributed by atoms with Crippen LogP contribution in [0.15, 0.2) is 59.5 Å². The number of nitrogens with zero attached hydrogens (tertiary/aromatic N) is 1. The third-order valence-electron chi connectivity index (χ3n) is 3.83. The van der Waals surface area contributed by atoms with Crippen LogP contribution in [0, 0.1) is 0 Å². The van der Waals surface area contributed by atoms with E-state index in [0.29, 0.717) is 19.5 Å². The topological polar surface area (TPSA) is 92.5 Å². The average Bonchev–Trinajstić information content (AvgIpc) is 2.60. The second kappa shape index (κ2) is 8.64. The second-order valence-corrected chi connectivity index (χ2v) is 7.20. The van der Waals surface area contributed by atoms with Gasteiger partial charge in [-0.2, -0.15) is 0 Å². The first-order valence-electron chi connectivity index (χ1n) is 8.08. The van der Waals surface area contributed by atoms with E-state index in [9.17, 15) is 13.2 Å². The van der Waals surface area contributed by atoms with E-state index in [1.165, 1.54) is 12.1 Å². The zero-order valence-electron chi connectivity index (χ0n) is 14.2. The molecule has 2 aromatic carbocycles. The van der Waals surface area contributed by atoms with E-state index >= 15 is 0 Å². The van der Waals surface area contributed by atoms with Crippen LogP contribution in [0.5, 0.6) is 0 Å². The number of carbonyl (C=O) groups excluding carboxylic acids is 1. The summed E-state index contributed by atoms with van der Waals surface area (Å²) in [5.74, 6) is -0.0492. The van der Waals surface area contributed by atoms with Crippen LogP contribution in [0.1, 0.15) is 12.5 Å². The van der Waals surface area contributed by atoms with Crippen molar-refractivity contribution in [3.8, 4) is 0 Å². The van der Waals surface area contributed by atoms with Gasteiger partial charge in [0.2, 0.25) is 15.9 Å². The fourth-order valence-electron chi connectivity index (χ4n) is 2.45. The molecular formula is C18H23N3O3S. The molecule has 3 N–H and O–H groups in total. The highest BCUT2D eigenvalue weighted by Crippen LogP contribution is 2.12. The number of anilines is 1. The summed E-state index contributed by atoms with van der Waals surface area (Å²) in [7, 11) is -3.67. The van der Waals surface area contributed by atoms with Gasteiger partial charge in [0.25, 0.3) is 0 Å². The molecule has 6 nitrogen and oxygen atoms in total. The van der Waals surface area contributed by atoms with Crippen molar-refractivity contribution in [2.24, 2.45) is 5.14 Å². The lowest BCUT2D eigenvalue weighted by Gasteiger charge is -2.22. The zero-order chi connectivity index (χ0) is 18.3. The molecule has 7 heteroatoms. The largest absolute Gasteiger partial charge is 0.363 e. The fourth-order valence-corrected chi connectivity index (χ4v) is 2.96. The molecule has 0 saturated carbocycles. The molecule has 0 aliphatic carbocycles. The van der Waals surface area contributed by atoms with Crippen molar-refractivity contribution in [1.29, 1.82) is 0 Å². The molecule has 0 unspecified atom stereocenters. The summed E-state index contributed by atoms with van der Waals surface area (Å²) in [6.45, 7) is 3.53. The minimum atomic E-state index is -3.67. The number of rotatable bonds is 8. The number of carbonyl (C=O) groups is 1. The van der Waals surface area contributed by atoms with E-state index in [0.717, 1.165) is 17.8 Å². The smallest absolute Gasteiger partial charge is 0.239 e. The van der Waals surface area contributed by atoms with Crippen molar-refractivity contribution in [3.63, 3.8) is 0 Å². The first-order valence-corrected chi connectivity index (χ1v) is 9.63. The predicted molar refractivity (Wildman–Crippen MR) is 98.9 cm³/mol. The Morgan fingerprint density at radius 1 is 1.08 bits per heavy atom. The number of hydrogen-bond acceptors (Lipinski definition) is 4. The molecule has 0 fully saturated rings. The quantitative estimate of drug-likeness (QED) is 0.746. The number of amides is 1. The standard InChI is InChI=1S/C18H23N3O3S/c1-2-21(16-6-4-3-5-7-16)14-18(22)20-13-12-15-8-10-17(11-9-15)25(19,23)24/h3-11H,2,12-14H2,1H3,(H,20,22)(H2,19,23,24). The van der Waals surface area contributed by atoms with Gasteiger partial charge in [0.05, 0.1) is 11.4 Å². The third-order valence-corrected chi connectivity index (χ3v) is 4.75. The highest BCUT2D eigenvalue weighted by Gasteiger charge is 2.10. The van der Waals surface area contributed by atoms with Crippen LogP contribution < -0.4 is 15.4 Å². The van der Waals surface area contributed by atoms with Crippen LogP contribution in [0.25, 0.3) is 0 Å². The van der Waals surface area contributed by atoms with Crippen molar-refractivity contribution in [2.45, 2.75) is 18.2 Å². The van der Waals surface area contributed by atoms with Gasteiger partial charge in [-0.05, 0) is 43.2 Å². The molecule has 134 valence electrons. The van der Waals surface area contributed by atoms with Crippen LogP contribution in [-0.4, -0.2) is 34.0 Å². The molecule has 25 heavy (non-hydrogen) atoms. The Morgan fingerprint density at radius 2 is 1.72 bits per heavy atom. The third kappa shape index (κ3) is 5.88. The Morgan fingerprint density at radius 3 is 2.28 bits per heavy atom.